The van der Waals surface area contributed by atoms with Crippen molar-refractivity contribution in [1.29, 1.82) is 0 Å². The molecule has 118 valence electrons. The number of piperazine rings is 1. The highest BCUT2D eigenvalue weighted by molar-refractivity contribution is 9.10. The number of hydrogen-bond acceptors (Lipinski definition) is 4. The zero-order chi connectivity index (χ0) is 15.6. The summed E-state index contributed by atoms with van der Waals surface area (Å²) in [5.74, 6) is 0. The van der Waals surface area contributed by atoms with Crippen molar-refractivity contribution < 1.29 is 8.42 Å². The van der Waals surface area contributed by atoms with E-state index >= 15 is 0 Å². The zero-order valence-electron chi connectivity index (χ0n) is 12.4. The lowest BCUT2D eigenvalue weighted by molar-refractivity contribution is 0.142. The molecule has 0 spiro atoms. The molecule has 21 heavy (non-hydrogen) atoms. The lowest BCUT2D eigenvalue weighted by Gasteiger charge is -2.37. The Bertz CT molecular complexity index is 598. The minimum atomic E-state index is -3.50. The summed E-state index contributed by atoms with van der Waals surface area (Å²) in [6.45, 7) is 6.90. The van der Waals surface area contributed by atoms with Gasteiger partial charge in [0.25, 0.3) is 0 Å². The number of sulfonamides is 1. The fourth-order valence-corrected chi connectivity index (χ4v) is 4.43. The van der Waals surface area contributed by atoms with Crippen molar-refractivity contribution in [2.24, 2.45) is 0 Å². The zero-order valence-corrected chi connectivity index (χ0v) is 14.8. The molecule has 5 nitrogen and oxygen atoms in total. The van der Waals surface area contributed by atoms with Crippen molar-refractivity contribution in [1.82, 2.24) is 9.21 Å². The molecule has 2 rings (SSSR count). The number of anilines is 1. The molecule has 2 N–H and O–H groups in total. The Morgan fingerprint density at radius 3 is 2.43 bits per heavy atom. The third kappa shape index (κ3) is 3.59. The summed E-state index contributed by atoms with van der Waals surface area (Å²) in [4.78, 5) is 2.53. The van der Waals surface area contributed by atoms with E-state index in [1.54, 1.807) is 18.2 Å². The van der Waals surface area contributed by atoms with Crippen LogP contribution < -0.4 is 5.73 Å². The second kappa shape index (κ2) is 6.64. The quantitative estimate of drug-likeness (QED) is 0.818. The second-order valence-electron chi connectivity index (χ2n) is 5.38. The van der Waals surface area contributed by atoms with E-state index in [0.29, 0.717) is 19.1 Å². The number of rotatable bonds is 4. The van der Waals surface area contributed by atoms with Gasteiger partial charge in [0.15, 0.2) is 0 Å². The van der Waals surface area contributed by atoms with Crippen molar-refractivity contribution in [3.8, 4) is 0 Å². The smallest absolute Gasteiger partial charge is 0.245 e. The highest BCUT2D eigenvalue weighted by Crippen LogP contribution is 2.26. The third-order valence-electron chi connectivity index (χ3n) is 4.08. The largest absolute Gasteiger partial charge is 0.398 e. The lowest BCUT2D eigenvalue weighted by atomic mass is 10.2. The van der Waals surface area contributed by atoms with E-state index in [2.05, 4.69) is 34.7 Å². The Morgan fingerprint density at radius 1 is 1.29 bits per heavy atom. The Kier molecular flexibility index (Phi) is 5.29. The number of nitrogens with zero attached hydrogens (tertiary/aromatic N) is 2. The Hall–Kier alpha value is -0.630. The minimum Gasteiger partial charge on any atom is -0.398 e. The fraction of sp³-hybridized carbons (Fsp3) is 0.571. The number of halogens is 1. The number of hydrogen-bond donors (Lipinski definition) is 1. The van der Waals surface area contributed by atoms with Gasteiger partial charge in [-0.15, -0.1) is 0 Å². The molecule has 0 aromatic heterocycles. The van der Waals surface area contributed by atoms with Crippen LogP contribution in [-0.4, -0.2) is 49.8 Å². The molecule has 1 aromatic rings. The molecule has 0 amide bonds. The average molecular weight is 376 g/mol. The molecule has 1 unspecified atom stereocenters. The van der Waals surface area contributed by atoms with Crippen LogP contribution >= 0.6 is 15.9 Å². The first kappa shape index (κ1) is 16.7. The van der Waals surface area contributed by atoms with E-state index in [4.69, 9.17) is 5.73 Å². The van der Waals surface area contributed by atoms with E-state index in [1.165, 1.54) is 4.31 Å². The van der Waals surface area contributed by atoms with Gasteiger partial charge in [-0.25, -0.2) is 8.42 Å². The summed E-state index contributed by atoms with van der Waals surface area (Å²) in [7, 11) is -3.50. The Morgan fingerprint density at radius 2 is 1.90 bits per heavy atom. The van der Waals surface area contributed by atoms with Gasteiger partial charge in [0.1, 0.15) is 4.90 Å². The Labute approximate surface area is 135 Å². The molecular formula is C14H22BrN3O2S. The van der Waals surface area contributed by atoms with Crippen molar-refractivity contribution in [2.45, 2.75) is 31.2 Å². The van der Waals surface area contributed by atoms with E-state index in [9.17, 15) is 8.42 Å². The maximum Gasteiger partial charge on any atom is 0.245 e. The van der Waals surface area contributed by atoms with Gasteiger partial charge in [0.05, 0.1) is 5.69 Å². The van der Waals surface area contributed by atoms with Crippen molar-refractivity contribution in [3.63, 3.8) is 0 Å². The molecule has 0 saturated carbocycles. The molecule has 1 aromatic carbocycles. The number of benzene rings is 1. The molecule has 1 aliphatic rings. The monoisotopic (exact) mass is 375 g/mol. The van der Waals surface area contributed by atoms with E-state index in [1.807, 2.05) is 0 Å². The van der Waals surface area contributed by atoms with Gasteiger partial charge in [-0.3, -0.25) is 4.90 Å². The normalized spacial score (nSPS) is 19.6. The predicted octanol–water partition coefficient (Wildman–Crippen LogP) is 2.14. The maximum absolute atomic E-state index is 12.7. The maximum atomic E-state index is 12.7. The second-order valence-corrected chi connectivity index (χ2v) is 8.20. The number of nitrogen functional groups attached to an aromatic ring is 1. The summed E-state index contributed by atoms with van der Waals surface area (Å²) < 4.78 is 27.7. The van der Waals surface area contributed by atoms with Crippen LogP contribution in [0.5, 0.6) is 0 Å². The predicted molar refractivity (Wildman–Crippen MR) is 88.6 cm³/mol. The first-order valence-electron chi connectivity index (χ1n) is 7.15. The van der Waals surface area contributed by atoms with Crippen molar-refractivity contribution in [3.05, 3.63) is 22.7 Å². The lowest BCUT2D eigenvalue weighted by Crippen LogP contribution is -2.51. The van der Waals surface area contributed by atoms with Crippen LogP contribution in [0.3, 0.4) is 0 Å². The SMILES string of the molecule is CCC(C)N1CCN(S(=O)(=O)c2ccc(Br)cc2N)CC1. The summed E-state index contributed by atoms with van der Waals surface area (Å²) in [6, 6.07) is 5.39. The molecule has 1 fully saturated rings. The molecule has 1 atom stereocenters. The van der Waals surface area contributed by atoms with Crippen molar-refractivity contribution >= 4 is 31.6 Å². The standard InChI is InChI=1S/C14H22BrN3O2S/c1-3-11(2)17-6-8-18(9-7-17)21(19,20)14-5-4-12(15)10-13(14)16/h4-5,10-11H,3,6-9,16H2,1-2H3. The van der Waals surface area contributed by atoms with Crippen LogP contribution in [0.25, 0.3) is 0 Å². The highest BCUT2D eigenvalue weighted by atomic mass is 79.9. The fourth-order valence-electron chi connectivity index (χ4n) is 2.54. The Balaban J connectivity index is 2.15. The molecule has 0 aliphatic carbocycles. The van der Waals surface area contributed by atoms with Gasteiger partial charge in [0.2, 0.25) is 10.0 Å². The first-order chi connectivity index (χ1) is 9.86. The van der Waals surface area contributed by atoms with Crippen LogP contribution in [0.1, 0.15) is 20.3 Å². The van der Waals surface area contributed by atoms with E-state index in [0.717, 1.165) is 24.0 Å². The molecule has 1 aliphatic heterocycles. The topological polar surface area (TPSA) is 66.6 Å². The van der Waals surface area contributed by atoms with Crippen LogP contribution in [0.4, 0.5) is 5.69 Å². The van der Waals surface area contributed by atoms with Crippen LogP contribution in [0, 0.1) is 0 Å². The highest BCUT2D eigenvalue weighted by Gasteiger charge is 2.30. The van der Waals surface area contributed by atoms with Crippen molar-refractivity contribution in [2.75, 3.05) is 31.9 Å². The van der Waals surface area contributed by atoms with Gasteiger partial charge in [0, 0.05) is 36.7 Å². The minimum absolute atomic E-state index is 0.197. The van der Waals surface area contributed by atoms with Gasteiger partial charge >= 0.3 is 0 Å². The van der Waals surface area contributed by atoms with Crippen LogP contribution in [-0.2, 0) is 10.0 Å². The van der Waals surface area contributed by atoms with Crippen LogP contribution in [0.15, 0.2) is 27.6 Å². The molecule has 0 bridgehead atoms. The number of nitrogens with two attached hydrogens (primary N) is 1. The van der Waals surface area contributed by atoms with E-state index in [-0.39, 0.29) is 10.6 Å². The van der Waals surface area contributed by atoms with E-state index < -0.39 is 10.0 Å². The third-order valence-corrected chi connectivity index (χ3v) is 6.54. The molecular weight excluding hydrogens is 354 g/mol. The average Bonchev–Trinajstić information content (AvgIpc) is 2.46. The molecule has 1 saturated heterocycles. The summed E-state index contributed by atoms with van der Waals surface area (Å²) in [5, 5.41) is 0. The van der Waals surface area contributed by atoms with Gasteiger partial charge in [-0.1, -0.05) is 22.9 Å². The van der Waals surface area contributed by atoms with Crippen LogP contribution in [0.2, 0.25) is 0 Å². The molecule has 1 heterocycles. The van der Waals surface area contributed by atoms with Gasteiger partial charge < -0.3 is 5.73 Å². The van der Waals surface area contributed by atoms with Gasteiger partial charge in [-0.05, 0) is 31.5 Å². The summed E-state index contributed by atoms with van der Waals surface area (Å²) >= 11 is 3.30. The summed E-state index contributed by atoms with van der Waals surface area (Å²) in [5.41, 5.74) is 6.15. The first-order valence-corrected chi connectivity index (χ1v) is 9.38. The van der Waals surface area contributed by atoms with Gasteiger partial charge in [-0.2, -0.15) is 4.31 Å². The molecule has 0 radical (unpaired) electrons. The summed E-state index contributed by atoms with van der Waals surface area (Å²) in [6.07, 6.45) is 1.08. The molecule has 7 heteroatoms.